The zero-order chi connectivity index (χ0) is 21.2. The summed E-state index contributed by atoms with van der Waals surface area (Å²) in [5.74, 6) is -1.22. The molecule has 0 spiro atoms. The molecule has 2 aromatic rings. The molecule has 0 unspecified atom stereocenters. The van der Waals surface area contributed by atoms with Gasteiger partial charge < -0.3 is 10.6 Å². The van der Waals surface area contributed by atoms with E-state index in [-0.39, 0.29) is 12.3 Å². The van der Waals surface area contributed by atoms with Gasteiger partial charge in [-0.05, 0) is 41.7 Å². The second-order valence-electron chi connectivity index (χ2n) is 7.38. The minimum absolute atomic E-state index is 0.203. The lowest BCUT2D eigenvalue weighted by molar-refractivity contribution is -0.134. The van der Waals surface area contributed by atoms with Crippen LogP contribution in [0.1, 0.15) is 44.2 Å². The van der Waals surface area contributed by atoms with Gasteiger partial charge in [0, 0.05) is 5.69 Å². The first kappa shape index (κ1) is 20.5. The van der Waals surface area contributed by atoms with Crippen molar-refractivity contribution in [2.45, 2.75) is 38.6 Å². The fourth-order valence-corrected chi connectivity index (χ4v) is 3.59. The van der Waals surface area contributed by atoms with Crippen LogP contribution in [0.15, 0.2) is 48.5 Å². The highest BCUT2D eigenvalue weighted by Gasteiger charge is 2.51. The Morgan fingerprint density at radius 1 is 1.14 bits per heavy atom. The molecule has 1 atom stereocenters. The van der Waals surface area contributed by atoms with Crippen molar-refractivity contribution in [2.75, 3.05) is 11.9 Å². The molecule has 3 rings (SSSR count). The first-order chi connectivity index (χ1) is 13.8. The Kier molecular flexibility index (Phi) is 5.68. The van der Waals surface area contributed by atoms with Gasteiger partial charge in [0.25, 0.3) is 5.91 Å². The summed E-state index contributed by atoms with van der Waals surface area (Å²) in [7, 11) is 0. The van der Waals surface area contributed by atoms with Crippen molar-refractivity contribution >= 4 is 23.5 Å². The number of rotatable bonds is 6. The van der Waals surface area contributed by atoms with E-state index < -0.39 is 35.7 Å². The van der Waals surface area contributed by atoms with E-state index in [2.05, 4.69) is 10.6 Å². The molecule has 0 radical (unpaired) electrons. The molecule has 152 valence electrons. The van der Waals surface area contributed by atoms with E-state index in [9.17, 15) is 18.8 Å². The van der Waals surface area contributed by atoms with Crippen molar-refractivity contribution in [3.63, 3.8) is 0 Å². The monoisotopic (exact) mass is 397 g/mol. The SMILES string of the molecule is CC[C@]1(c2ccc(F)cc2)NC(=O)N(CC(=O)Nc2ccccc2C(C)C)C1=O. The second-order valence-corrected chi connectivity index (χ2v) is 7.38. The molecule has 0 aliphatic carbocycles. The van der Waals surface area contributed by atoms with Gasteiger partial charge in [0.2, 0.25) is 5.91 Å². The quantitative estimate of drug-likeness (QED) is 0.729. The molecule has 2 N–H and O–H groups in total. The lowest BCUT2D eigenvalue weighted by Crippen LogP contribution is -2.44. The van der Waals surface area contributed by atoms with Crippen LogP contribution in [0.5, 0.6) is 0 Å². The first-order valence-electron chi connectivity index (χ1n) is 9.57. The van der Waals surface area contributed by atoms with Crippen LogP contribution >= 0.6 is 0 Å². The summed E-state index contributed by atoms with van der Waals surface area (Å²) < 4.78 is 13.3. The predicted octanol–water partition coefficient (Wildman–Crippen LogP) is 3.74. The number of imide groups is 1. The standard InChI is InChI=1S/C22H24FN3O3/c1-4-22(15-9-11-16(23)12-10-15)20(28)26(21(29)25-22)13-19(27)24-18-8-6-5-7-17(18)14(2)3/h5-12,14H,4,13H2,1-3H3,(H,24,27)(H,25,29)/t22-/m1/s1. The number of nitrogens with one attached hydrogen (secondary N) is 2. The smallest absolute Gasteiger partial charge is 0.324 e. The molecule has 29 heavy (non-hydrogen) atoms. The maximum Gasteiger partial charge on any atom is 0.325 e. The topological polar surface area (TPSA) is 78.5 Å². The molecule has 1 aliphatic rings. The maximum absolute atomic E-state index is 13.3. The maximum atomic E-state index is 13.3. The molecule has 1 saturated heterocycles. The number of urea groups is 1. The first-order valence-corrected chi connectivity index (χ1v) is 9.57. The molecule has 1 heterocycles. The van der Waals surface area contributed by atoms with Gasteiger partial charge in [0.05, 0.1) is 0 Å². The highest BCUT2D eigenvalue weighted by Crippen LogP contribution is 2.32. The molecule has 4 amide bonds. The number of halogens is 1. The van der Waals surface area contributed by atoms with Crippen molar-refractivity contribution in [3.8, 4) is 0 Å². The number of nitrogens with zero attached hydrogens (tertiary/aromatic N) is 1. The Balaban J connectivity index is 1.80. The molecular formula is C22H24FN3O3. The van der Waals surface area contributed by atoms with Crippen LogP contribution in [0.2, 0.25) is 0 Å². The van der Waals surface area contributed by atoms with Gasteiger partial charge in [-0.2, -0.15) is 0 Å². The number of hydrogen-bond acceptors (Lipinski definition) is 3. The highest BCUT2D eigenvalue weighted by atomic mass is 19.1. The molecule has 2 aromatic carbocycles. The molecule has 0 saturated carbocycles. The number of carbonyl (C=O) groups is 3. The molecule has 1 fully saturated rings. The van der Waals surface area contributed by atoms with Crippen molar-refractivity contribution in [1.82, 2.24) is 10.2 Å². The third-order valence-electron chi connectivity index (χ3n) is 5.20. The van der Waals surface area contributed by atoms with Gasteiger partial charge in [0.15, 0.2) is 0 Å². The Morgan fingerprint density at radius 3 is 2.41 bits per heavy atom. The van der Waals surface area contributed by atoms with Crippen molar-refractivity contribution in [3.05, 3.63) is 65.5 Å². The third kappa shape index (κ3) is 3.85. The van der Waals surface area contributed by atoms with E-state index in [0.29, 0.717) is 11.3 Å². The van der Waals surface area contributed by atoms with E-state index in [1.165, 1.54) is 24.3 Å². The number of carbonyl (C=O) groups excluding carboxylic acids is 3. The van der Waals surface area contributed by atoms with Crippen molar-refractivity contribution in [1.29, 1.82) is 0 Å². The summed E-state index contributed by atoms with van der Waals surface area (Å²) in [6.45, 7) is 5.38. The van der Waals surface area contributed by atoms with Gasteiger partial charge in [-0.25, -0.2) is 9.18 Å². The number of benzene rings is 2. The van der Waals surface area contributed by atoms with E-state index in [1.807, 2.05) is 32.0 Å². The lowest BCUT2D eigenvalue weighted by atomic mass is 9.87. The predicted molar refractivity (Wildman–Crippen MR) is 108 cm³/mol. The van der Waals surface area contributed by atoms with Crippen LogP contribution in [-0.2, 0) is 15.1 Å². The summed E-state index contributed by atoms with van der Waals surface area (Å²) >= 11 is 0. The Morgan fingerprint density at radius 2 is 1.79 bits per heavy atom. The fourth-order valence-electron chi connectivity index (χ4n) is 3.59. The number of hydrogen-bond donors (Lipinski definition) is 2. The number of para-hydroxylation sites is 1. The van der Waals surface area contributed by atoms with Crippen LogP contribution < -0.4 is 10.6 Å². The summed E-state index contributed by atoms with van der Waals surface area (Å²) in [4.78, 5) is 39.1. The third-order valence-corrected chi connectivity index (χ3v) is 5.20. The fraction of sp³-hybridized carbons (Fsp3) is 0.318. The van der Waals surface area contributed by atoms with Gasteiger partial charge in [-0.1, -0.05) is 51.1 Å². The summed E-state index contributed by atoms with van der Waals surface area (Å²) in [5.41, 5.74) is 0.792. The second kappa shape index (κ2) is 8.03. The van der Waals surface area contributed by atoms with E-state index >= 15 is 0 Å². The van der Waals surface area contributed by atoms with Crippen molar-refractivity contribution < 1.29 is 18.8 Å². The van der Waals surface area contributed by atoms with Gasteiger partial charge in [0.1, 0.15) is 17.9 Å². The van der Waals surface area contributed by atoms with Gasteiger partial charge in [-0.3, -0.25) is 14.5 Å². The van der Waals surface area contributed by atoms with Gasteiger partial charge in [-0.15, -0.1) is 0 Å². The molecule has 7 heteroatoms. The summed E-state index contributed by atoms with van der Waals surface area (Å²) in [6.07, 6.45) is 0.275. The normalized spacial score (nSPS) is 18.9. The molecular weight excluding hydrogens is 373 g/mol. The van der Waals surface area contributed by atoms with Crippen LogP contribution in [-0.4, -0.2) is 29.3 Å². The number of amides is 4. The molecule has 0 aromatic heterocycles. The number of anilines is 1. The largest absolute Gasteiger partial charge is 0.325 e. The average Bonchev–Trinajstić information content (AvgIpc) is 2.94. The zero-order valence-corrected chi connectivity index (χ0v) is 16.7. The Labute approximate surface area is 169 Å². The highest BCUT2D eigenvalue weighted by molar-refractivity contribution is 6.10. The summed E-state index contributed by atoms with van der Waals surface area (Å²) in [6, 6.07) is 12.2. The molecule has 0 bridgehead atoms. The molecule has 1 aliphatic heterocycles. The lowest BCUT2D eigenvalue weighted by Gasteiger charge is -2.25. The van der Waals surface area contributed by atoms with Crippen molar-refractivity contribution in [2.24, 2.45) is 0 Å². The minimum atomic E-state index is -1.30. The molecule has 6 nitrogen and oxygen atoms in total. The Bertz CT molecular complexity index is 943. The Hall–Kier alpha value is -3.22. The minimum Gasteiger partial charge on any atom is -0.324 e. The van der Waals surface area contributed by atoms with E-state index in [0.717, 1.165) is 10.5 Å². The van der Waals surface area contributed by atoms with Crippen LogP contribution in [0, 0.1) is 5.82 Å². The average molecular weight is 397 g/mol. The van der Waals surface area contributed by atoms with Crippen LogP contribution in [0.4, 0.5) is 14.9 Å². The zero-order valence-electron chi connectivity index (χ0n) is 16.7. The summed E-state index contributed by atoms with van der Waals surface area (Å²) in [5, 5.41) is 5.48. The van der Waals surface area contributed by atoms with Crippen LogP contribution in [0.25, 0.3) is 0 Å². The van der Waals surface area contributed by atoms with Crippen LogP contribution in [0.3, 0.4) is 0 Å². The van der Waals surface area contributed by atoms with E-state index in [1.54, 1.807) is 13.0 Å². The van der Waals surface area contributed by atoms with Gasteiger partial charge >= 0.3 is 6.03 Å². The van der Waals surface area contributed by atoms with E-state index in [4.69, 9.17) is 0 Å².